The van der Waals surface area contributed by atoms with Crippen molar-refractivity contribution in [1.29, 1.82) is 0 Å². The zero-order valence-corrected chi connectivity index (χ0v) is 10.5. The molecule has 2 aliphatic heterocycles. The minimum atomic E-state index is -0.315. The molecule has 0 spiro atoms. The van der Waals surface area contributed by atoms with Crippen LogP contribution in [0.15, 0.2) is 24.3 Å². The van der Waals surface area contributed by atoms with Crippen LogP contribution in [0.25, 0.3) is 0 Å². The Morgan fingerprint density at radius 3 is 2.53 bits per heavy atom. The van der Waals surface area contributed by atoms with Crippen LogP contribution < -0.4 is 4.74 Å². The number of halogens is 1. The van der Waals surface area contributed by atoms with Gasteiger partial charge in [-0.1, -0.05) is 0 Å². The average molecular weight is 265 g/mol. The lowest BCUT2D eigenvalue weighted by atomic mass is 10.2. The van der Waals surface area contributed by atoms with E-state index in [4.69, 9.17) is 9.47 Å². The first-order valence-electron chi connectivity index (χ1n) is 6.51. The number of carbonyl (C=O) groups is 1. The molecule has 2 aliphatic rings. The zero-order valence-electron chi connectivity index (χ0n) is 10.5. The topological polar surface area (TPSA) is 38.8 Å². The Kier molecular flexibility index (Phi) is 3.38. The Balaban J connectivity index is 1.58. The number of rotatable bonds is 3. The molecule has 19 heavy (non-hydrogen) atoms. The predicted octanol–water partition coefficient (Wildman–Crippen LogP) is 1.59. The molecule has 0 N–H and O–H groups in total. The third kappa shape index (κ3) is 2.56. The second-order valence-electron chi connectivity index (χ2n) is 4.97. The number of nitrogens with zero attached hydrogens (tertiary/aromatic N) is 1. The van der Waals surface area contributed by atoms with Crippen molar-refractivity contribution >= 4 is 5.91 Å². The van der Waals surface area contributed by atoms with Crippen LogP contribution in [0.1, 0.15) is 12.8 Å². The molecule has 4 nitrogen and oxygen atoms in total. The van der Waals surface area contributed by atoms with Crippen LogP contribution in [0.3, 0.4) is 0 Å². The maximum absolute atomic E-state index is 12.7. The highest BCUT2D eigenvalue weighted by atomic mass is 19.1. The van der Waals surface area contributed by atoms with E-state index >= 15 is 0 Å². The lowest BCUT2D eigenvalue weighted by molar-refractivity contribution is -0.143. The smallest absolute Gasteiger partial charge is 0.261 e. The Labute approximate surface area is 111 Å². The summed E-state index contributed by atoms with van der Waals surface area (Å²) in [7, 11) is 0. The fourth-order valence-corrected chi connectivity index (χ4v) is 2.79. The van der Waals surface area contributed by atoms with Gasteiger partial charge in [-0.05, 0) is 37.1 Å². The van der Waals surface area contributed by atoms with Gasteiger partial charge in [0.2, 0.25) is 0 Å². The van der Waals surface area contributed by atoms with Crippen LogP contribution in [0.4, 0.5) is 4.39 Å². The number of morpholine rings is 1. The van der Waals surface area contributed by atoms with Crippen molar-refractivity contribution < 1.29 is 18.7 Å². The summed E-state index contributed by atoms with van der Waals surface area (Å²) in [5.74, 6) is 0.181. The molecule has 0 unspecified atom stereocenters. The highest BCUT2D eigenvalue weighted by molar-refractivity contribution is 5.79. The molecule has 102 valence electrons. The molecule has 1 aromatic rings. The molecule has 0 aliphatic carbocycles. The molecule has 2 saturated heterocycles. The zero-order chi connectivity index (χ0) is 13.2. The molecule has 1 amide bonds. The van der Waals surface area contributed by atoms with Gasteiger partial charge in [-0.25, -0.2) is 4.39 Å². The van der Waals surface area contributed by atoms with Crippen molar-refractivity contribution in [3.05, 3.63) is 30.1 Å². The monoisotopic (exact) mass is 265 g/mol. The van der Waals surface area contributed by atoms with Crippen LogP contribution in [-0.4, -0.2) is 42.7 Å². The summed E-state index contributed by atoms with van der Waals surface area (Å²) in [6.45, 7) is 1.25. The van der Waals surface area contributed by atoms with Crippen LogP contribution in [-0.2, 0) is 9.53 Å². The quantitative estimate of drug-likeness (QED) is 0.833. The van der Waals surface area contributed by atoms with Gasteiger partial charge in [0.1, 0.15) is 11.6 Å². The number of hydrogen-bond acceptors (Lipinski definition) is 3. The summed E-state index contributed by atoms with van der Waals surface area (Å²) in [6, 6.07) is 6.08. The second-order valence-corrected chi connectivity index (χ2v) is 4.97. The molecule has 2 heterocycles. The summed E-state index contributed by atoms with van der Waals surface area (Å²) in [5.41, 5.74) is 0. The second kappa shape index (κ2) is 5.17. The van der Waals surface area contributed by atoms with Gasteiger partial charge in [0.05, 0.1) is 25.3 Å². The third-order valence-electron chi connectivity index (χ3n) is 3.70. The van der Waals surface area contributed by atoms with Crippen molar-refractivity contribution in [2.24, 2.45) is 0 Å². The van der Waals surface area contributed by atoms with Crippen molar-refractivity contribution in [3.63, 3.8) is 0 Å². The molecule has 3 rings (SSSR count). The first kappa shape index (κ1) is 12.4. The van der Waals surface area contributed by atoms with Gasteiger partial charge in [0.25, 0.3) is 5.91 Å². The molecule has 2 bridgehead atoms. The van der Waals surface area contributed by atoms with E-state index in [0.29, 0.717) is 19.0 Å². The Hall–Kier alpha value is -1.62. The van der Waals surface area contributed by atoms with E-state index in [1.165, 1.54) is 24.3 Å². The summed E-state index contributed by atoms with van der Waals surface area (Å²) < 4.78 is 23.6. The molecule has 1 aromatic carbocycles. The number of hydrogen-bond donors (Lipinski definition) is 0. The van der Waals surface area contributed by atoms with E-state index < -0.39 is 0 Å². The van der Waals surface area contributed by atoms with E-state index in [-0.39, 0.29) is 30.4 Å². The number of amides is 1. The van der Waals surface area contributed by atoms with Gasteiger partial charge < -0.3 is 14.4 Å². The van der Waals surface area contributed by atoms with Gasteiger partial charge in [0.15, 0.2) is 6.61 Å². The number of benzene rings is 1. The highest BCUT2D eigenvalue weighted by Gasteiger charge is 2.40. The van der Waals surface area contributed by atoms with E-state index in [9.17, 15) is 9.18 Å². The summed E-state index contributed by atoms with van der Waals surface area (Å²) in [5, 5.41) is 0. The van der Waals surface area contributed by atoms with Crippen LogP contribution in [0.2, 0.25) is 0 Å². The van der Waals surface area contributed by atoms with Crippen LogP contribution in [0.5, 0.6) is 5.75 Å². The first-order valence-corrected chi connectivity index (χ1v) is 6.51. The van der Waals surface area contributed by atoms with Crippen molar-refractivity contribution in [3.8, 4) is 5.75 Å². The summed E-state index contributed by atoms with van der Waals surface area (Å²) in [4.78, 5) is 14.1. The fraction of sp³-hybridized carbons (Fsp3) is 0.500. The predicted molar refractivity (Wildman–Crippen MR) is 66.4 cm³/mol. The number of ether oxygens (including phenoxy) is 2. The van der Waals surface area contributed by atoms with Crippen molar-refractivity contribution in [2.45, 2.75) is 24.9 Å². The van der Waals surface area contributed by atoms with Gasteiger partial charge >= 0.3 is 0 Å². The van der Waals surface area contributed by atoms with Crippen LogP contribution >= 0.6 is 0 Å². The molecule has 0 saturated carbocycles. The average Bonchev–Trinajstić information content (AvgIpc) is 2.67. The molecular weight excluding hydrogens is 249 g/mol. The van der Waals surface area contributed by atoms with E-state index in [1.54, 1.807) is 0 Å². The van der Waals surface area contributed by atoms with E-state index in [2.05, 4.69) is 0 Å². The van der Waals surface area contributed by atoms with Crippen LogP contribution in [0, 0.1) is 5.82 Å². The number of carbonyl (C=O) groups excluding carboxylic acids is 1. The Bertz CT molecular complexity index is 446. The van der Waals surface area contributed by atoms with Gasteiger partial charge in [-0.2, -0.15) is 0 Å². The molecule has 0 radical (unpaired) electrons. The molecule has 2 atom stereocenters. The van der Waals surface area contributed by atoms with Gasteiger partial charge in [-0.3, -0.25) is 4.79 Å². The van der Waals surface area contributed by atoms with E-state index in [1.807, 2.05) is 4.90 Å². The highest BCUT2D eigenvalue weighted by Crippen LogP contribution is 2.28. The van der Waals surface area contributed by atoms with Crippen molar-refractivity contribution in [1.82, 2.24) is 4.90 Å². The van der Waals surface area contributed by atoms with Gasteiger partial charge in [-0.15, -0.1) is 0 Å². The molecule has 2 fully saturated rings. The largest absolute Gasteiger partial charge is 0.484 e. The first-order chi connectivity index (χ1) is 9.24. The fourth-order valence-electron chi connectivity index (χ4n) is 2.79. The number of fused-ring (bicyclic) bond motifs is 2. The third-order valence-corrected chi connectivity index (χ3v) is 3.70. The summed E-state index contributed by atoms with van der Waals surface area (Å²) >= 11 is 0. The lowest BCUT2D eigenvalue weighted by Crippen LogP contribution is -2.50. The van der Waals surface area contributed by atoms with Crippen molar-refractivity contribution in [2.75, 3.05) is 19.8 Å². The Morgan fingerprint density at radius 2 is 1.89 bits per heavy atom. The SMILES string of the molecule is O=C(COc1ccc(F)cc1)N1[C@H]2CC[C@H]1COC2. The molecule has 5 heteroatoms. The molecular formula is C14H16FNO3. The van der Waals surface area contributed by atoms with E-state index in [0.717, 1.165) is 12.8 Å². The normalized spacial score (nSPS) is 25.4. The maximum Gasteiger partial charge on any atom is 0.261 e. The van der Waals surface area contributed by atoms with Gasteiger partial charge in [0, 0.05) is 0 Å². The Morgan fingerprint density at radius 1 is 1.26 bits per heavy atom. The lowest BCUT2D eigenvalue weighted by Gasteiger charge is -2.34. The standard InChI is InChI=1S/C14H16FNO3/c15-10-1-5-13(6-2-10)19-9-14(17)16-11-3-4-12(16)8-18-7-11/h1-2,5-6,11-12H,3-4,7-9H2/t11-,12-/m0/s1. The maximum atomic E-state index is 12.7. The summed E-state index contributed by atoms with van der Waals surface area (Å²) in [6.07, 6.45) is 2.01. The molecule has 0 aromatic heterocycles. The minimum Gasteiger partial charge on any atom is -0.484 e. The minimum absolute atomic E-state index is 0.00136.